The predicted octanol–water partition coefficient (Wildman–Crippen LogP) is 6.82. The molecule has 0 aliphatic carbocycles. The van der Waals surface area contributed by atoms with Crippen LogP contribution in [0.4, 0.5) is 10.5 Å². The molecule has 0 aromatic heterocycles. The SMILES string of the molecule is O=C(NCCC(c1ccccc1)c1ccccc1)Nc1ccc(Oc2ccccc2)cc1. The molecule has 4 aromatic rings. The summed E-state index contributed by atoms with van der Waals surface area (Å²) in [5.41, 5.74) is 3.20. The molecule has 4 rings (SSSR count). The highest BCUT2D eigenvalue weighted by atomic mass is 16.5. The molecule has 0 spiro atoms. The second-order valence-electron chi connectivity index (χ2n) is 7.48. The molecule has 32 heavy (non-hydrogen) atoms. The largest absolute Gasteiger partial charge is 0.457 e. The van der Waals surface area contributed by atoms with E-state index in [0.717, 1.165) is 17.9 Å². The van der Waals surface area contributed by atoms with Gasteiger partial charge in [-0.25, -0.2) is 4.79 Å². The van der Waals surface area contributed by atoms with Crippen molar-refractivity contribution in [2.24, 2.45) is 0 Å². The third kappa shape index (κ3) is 5.99. The molecule has 0 saturated heterocycles. The van der Waals surface area contributed by atoms with Gasteiger partial charge in [-0.1, -0.05) is 78.9 Å². The van der Waals surface area contributed by atoms with E-state index in [9.17, 15) is 4.79 Å². The Morgan fingerprint density at radius 2 is 1.16 bits per heavy atom. The summed E-state index contributed by atoms with van der Waals surface area (Å²) in [6.07, 6.45) is 0.811. The molecule has 0 saturated carbocycles. The van der Waals surface area contributed by atoms with E-state index in [1.54, 1.807) is 0 Å². The Kier molecular flexibility index (Phi) is 7.17. The number of hydrogen-bond acceptors (Lipinski definition) is 2. The minimum Gasteiger partial charge on any atom is -0.457 e. The van der Waals surface area contributed by atoms with Crippen LogP contribution in [-0.2, 0) is 0 Å². The smallest absolute Gasteiger partial charge is 0.319 e. The lowest BCUT2D eigenvalue weighted by atomic mass is 9.88. The third-order valence-corrected chi connectivity index (χ3v) is 5.21. The number of carbonyl (C=O) groups is 1. The van der Waals surface area contributed by atoms with Crippen LogP contribution in [0.1, 0.15) is 23.5 Å². The first-order valence-electron chi connectivity index (χ1n) is 10.8. The average molecular weight is 423 g/mol. The predicted molar refractivity (Wildman–Crippen MR) is 129 cm³/mol. The fraction of sp³-hybridized carbons (Fsp3) is 0.107. The average Bonchev–Trinajstić information content (AvgIpc) is 2.85. The maximum Gasteiger partial charge on any atom is 0.319 e. The molecular formula is C28H26N2O2. The summed E-state index contributed by atoms with van der Waals surface area (Å²) in [5, 5.41) is 5.85. The molecule has 4 nitrogen and oxygen atoms in total. The Labute approximate surface area is 188 Å². The van der Waals surface area contributed by atoms with E-state index in [-0.39, 0.29) is 11.9 Å². The van der Waals surface area contributed by atoms with E-state index in [4.69, 9.17) is 4.74 Å². The number of hydrogen-bond donors (Lipinski definition) is 2. The first-order valence-corrected chi connectivity index (χ1v) is 10.8. The Morgan fingerprint density at radius 1 is 0.656 bits per heavy atom. The summed E-state index contributed by atoms with van der Waals surface area (Å²) in [6.45, 7) is 0.565. The number of rotatable bonds is 8. The van der Waals surface area contributed by atoms with E-state index < -0.39 is 0 Å². The molecule has 0 bridgehead atoms. The standard InChI is InChI=1S/C28H26N2O2/c31-28(30-24-16-18-26(19-17-24)32-25-14-8-3-9-15-25)29-21-20-27(22-10-4-1-5-11-22)23-12-6-2-7-13-23/h1-19,27H,20-21H2,(H2,29,30,31). The molecule has 4 aromatic carbocycles. The fourth-order valence-corrected chi connectivity index (χ4v) is 3.63. The molecule has 0 fully saturated rings. The van der Waals surface area contributed by atoms with Crippen LogP contribution in [0.5, 0.6) is 11.5 Å². The van der Waals surface area contributed by atoms with Crippen LogP contribution in [0.2, 0.25) is 0 Å². The van der Waals surface area contributed by atoms with Gasteiger partial charge < -0.3 is 15.4 Å². The van der Waals surface area contributed by atoms with E-state index in [1.165, 1.54) is 11.1 Å². The van der Waals surface area contributed by atoms with Gasteiger partial charge in [0.15, 0.2) is 0 Å². The quantitative estimate of drug-likeness (QED) is 0.327. The van der Waals surface area contributed by atoms with Crippen molar-refractivity contribution in [3.8, 4) is 11.5 Å². The van der Waals surface area contributed by atoms with Gasteiger partial charge in [-0.15, -0.1) is 0 Å². The van der Waals surface area contributed by atoms with Crippen molar-refractivity contribution < 1.29 is 9.53 Å². The summed E-state index contributed by atoms with van der Waals surface area (Å²) < 4.78 is 5.79. The zero-order chi connectivity index (χ0) is 22.0. The summed E-state index contributed by atoms with van der Waals surface area (Å²) in [4.78, 5) is 12.4. The molecule has 0 aliphatic heterocycles. The lowest BCUT2D eigenvalue weighted by Gasteiger charge is -2.18. The number of urea groups is 1. The van der Waals surface area contributed by atoms with Gasteiger partial charge in [0.2, 0.25) is 0 Å². The minimum atomic E-state index is -0.221. The molecular weight excluding hydrogens is 396 g/mol. The maximum atomic E-state index is 12.4. The third-order valence-electron chi connectivity index (χ3n) is 5.21. The molecule has 4 heteroatoms. The van der Waals surface area contributed by atoms with Crippen LogP contribution in [0.25, 0.3) is 0 Å². The van der Waals surface area contributed by atoms with Gasteiger partial charge in [-0.3, -0.25) is 0 Å². The zero-order valence-electron chi connectivity index (χ0n) is 17.8. The van der Waals surface area contributed by atoms with E-state index >= 15 is 0 Å². The number of para-hydroxylation sites is 1. The number of anilines is 1. The number of ether oxygens (including phenoxy) is 1. The number of nitrogens with one attached hydrogen (secondary N) is 2. The highest BCUT2D eigenvalue weighted by molar-refractivity contribution is 5.89. The van der Waals surface area contributed by atoms with Gasteiger partial charge in [0.25, 0.3) is 0 Å². The van der Waals surface area contributed by atoms with Gasteiger partial charge in [0.05, 0.1) is 0 Å². The first-order chi connectivity index (χ1) is 15.8. The molecule has 0 aliphatic rings. The summed E-state index contributed by atoms with van der Waals surface area (Å²) in [6, 6.07) is 37.5. The van der Waals surface area contributed by atoms with Crippen molar-refractivity contribution in [3.63, 3.8) is 0 Å². The van der Waals surface area contributed by atoms with Crippen LogP contribution in [0, 0.1) is 0 Å². The monoisotopic (exact) mass is 422 g/mol. The number of benzene rings is 4. The molecule has 2 N–H and O–H groups in total. The van der Waals surface area contributed by atoms with E-state index in [2.05, 4.69) is 59.2 Å². The molecule has 160 valence electrons. The summed E-state index contributed by atoms with van der Waals surface area (Å²) in [5.74, 6) is 1.72. The molecule has 2 amide bonds. The fourth-order valence-electron chi connectivity index (χ4n) is 3.63. The Balaban J connectivity index is 1.30. The molecule has 0 atom stereocenters. The van der Waals surface area contributed by atoms with Crippen LogP contribution < -0.4 is 15.4 Å². The second kappa shape index (κ2) is 10.8. The lowest BCUT2D eigenvalue weighted by Crippen LogP contribution is -2.30. The van der Waals surface area contributed by atoms with Gasteiger partial charge >= 0.3 is 6.03 Å². The highest BCUT2D eigenvalue weighted by Crippen LogP contribution is 2.27. The van der Waals surface area contributed by atoms with Crippen LogP contribution in [-0.4, -0.2) is 12.6 Å². The Bertz CT molecular complexity index is 1060. The minimum absolute atomic E-state index is 0.221. The van der Waals surface area contributed by atoms with Crippen LogP contribution in [0.3, 0.4) is 0 Å². The second-order valence-corrected chi connectivity index (χ2v) is 7.48. The van der Waals surface area contributed by atoms with Gasteiger partial charge in [0.1, 0.15) is 11.5 Å². The van der Waals surface area contributed by atoms with Crippen molar-refractivity contribution in [2.45, 2.75) is 12.3 Å². The van der Waals surface area contributed by atoms with Crippen molar-refractivity contribution in [3.05, 3.63) is 126 Å². The van der Waals surface area contributed by atoms with Gasteiger partial charge in [-0.2, -0.15) is 0 Å². The summed E-state index contributed by atoms with van der Waals surface area (Å²) in [7, 11) is 0. The highest BCUT2D eigenvalue weighted by Gasteiger charge is 2.14. The number of carbonyl (C=O) groups excluding carboxylic acids is 1. The van der Waals surface area contributed by atoms with Crippen LogP contribution >= 0.6 is 0 Å². The molecule has 0 heterocycles. The van der Waals surface area contributed by atoms with Crippen molar-refractivity contribution >= 4 is 11.7 Å². The summed E-state index contributed by atoms with van der Waals surface area (Å²) >= 11 is 0. The van der Waals surface area contributed by atoms with Gasteiger partial charge in [0, 0.05) is 18.2 Å². The van der Waals surface area contributed by atoms with E-state index in [0.29, 0.717) is 12.2 Å². The number of amides is 2. The normalized spacial score (nSPS) is 10.5. The van der Waals surface area contributed by atoms with Crippen molar-refractivity contribution in [2.75, 3.05) is 11.9 Å². The zero-order valence-corrected chi connectivity index (χ0v) is 17.8. The van der Waals surface area contributed by atoms with Crippen LogP contribution in [0.15, 0.2) is 115 Å². The Hall–Kier alpha value is -4.05. The molecule has 0 unspecified atom stereocenters. The molecule has 0 radical (unpaired) electrons. The van der Waals surface area contributed by atoms with Crippen molar-refractivity contribution in [1.29, 1.82) is 0 Å². The van der Waals surface area contributed by atoms with E-state index in [1.807, 2.05) is 66.7 Å². The van der Waals surface area contributed by atoms with Crippen molar-refractivity contribution in [1.82, 2.24) is 5.32 Å². The Morgan fingerprint density at radius 3 is 1.72 bits per heavy atom. The first kappa shape index (κ1) is 21.2. The topological polar surface area (TPSA) is 50.4 Å². The van der Waals surface area contributed by atoms with Gasteiger partial charge in [-0.05, 0) is 53.9 Å². The lowest BCUT2D eigenvalue weighted by molar-refractivity contribution is 0.252. The maximum absolute atomic E-state index is 12.4.